The summed E-state index contributed by atoms with van der Waals surface area (Å²) in [5.74, 6) is -0.425. The molecule has 1 aliphatic rings. The number of carbonyl (C=O) groups excluding carboxylic acids is 2. The van der Waals surface area contributed by atoms with E-state index in [9.17, 15) is 14.7 Å². The van der Waals surface area contributed by atoms with Gasteiger partial charge in [-0.25, -0.2) is 4.79 Å². The van der Waals surface area contributed by atoms with E-state index in [-0.39, 0.29) is 11.7 Å². The molecule has 0 aliphatic carbocycles. The number of benzene rings is 2. The van der Waals surface area contributed by atoms with Crippen LogP contribution in [-0.4, -0.2) is 41.1 Å². The summed E-state index contributed by atoms with van der Waals surface area (Å²) in [5.41, 5.74) is 1.81. The first-order valence-electron chi connectivity index (χ1n) is 7.83. The van der Waals surface area contributed by atoms with E-state index >= 15 is 0 Å². The van der Waals surface area contributed by atoms with Crippen molar-refractivity contribution in [1.82, 2.24) is 4.90 Å². The van der Waals surface area contributed by atoms with Gasteiger partial charge >= 0.3 is 5.97 Å². The predicted molar refractivity (Wildman–Crippen MR) is 88.4 cm³/mol. The summed E-state index contributed by atoms with van der Waals surface area (Å²) in [7, 11) is 1.63. The van der Waals surface area contributed by atoms with E-state index in [0.717, 1.165) is 11.1 Å². The number of carbonyl (C=O) groups is 2. The van der Waals surface area contributed by atoms with Crippen LogP contribution < -0.4 is 0 Å². The molecule has 0 bridgehead atoms. The molecule has 1 aliphatic heterocycles. The van der Waals surface area contributed by atoms with Gasteiger partial charge in [0.05, 0.1) is 0 Å². The first-order valence-corrected chi connectivity index (χ1v) is 7.83. The first-order chi connectivity index (χ1) is 11.5. The summed E-state index contributed by atoms with van der Waals surface area (Å²) in [5, 5.41) is 9.33. The summed E-state index contributed by atoms with van der Waals surface area (Å²) in [6.07, 6.45) is -0.0397. The number of phenolic OH excluding ortho intramolecular Hbond substituents is 1. The summed E-state index contributed by atoms with van der Waals surface area (Å²) < 4.78 is 5.40. The zero-order chi connectivity index (χ0) is 17.1. The van der Waals surface area contributed by atoms with Crippen molar-refractivity contribution in [1.29, 1.82) is 0 Å². The Morgan fingerprint density at radius 2 is 1.58 bits per heavy atom. The lowest BCUT2D eigenvalue weighted by Crippen LogP contribution is -2.56. The number of amides is 1. The van der Waals surface area contributed by atoms with E-state index in [2.05, 4.69) is 0 Å². The molecule has 0 saturated carbocycles. The van der Waals surface area contributed by atoms with Gasteiger partial charge in [-0.05, 0) is 23.3 Å². The second-order valence-corrected chi connectivity index (χ2v) is 5.95. The molecule has 1 fully saturated rings. The van der Waals surface area contributed by atoms with E-state index in [4.69, 9.17) is 4.74 Å². The smallest absolute Gasteiger partial charge is 0.329 e. The Bertz CT molecular complexity index is 727. The molecule has 0 unspecified atom stereocenters. The lowest BCUT2D eigenvalue weighted by Gasteiger charge is -2.35. The number of morpholine rings is 1. The average molecular weight is 325 g/mol. The number of phenols is 1. The molecule has 5 nitrogen and oxygen atoms in total. The van der Waals surface area contributed by atoms with Gasteiger partial charge in [-0.2, -0.15) is 0 Å². The molecule has 0 spiro atoms. The highest BCUT2D eigenvalue weighted by molar-refractivity contribution is 5.92. The molecule has 1 N–H and O–H groups in total. The molecule has 124 valence electrons. The zero-order valence-corrected chi connectivity index (χ0v) is 13.4. The van der Waals surface area contributed by atoms with Crippen molar-refractivity contribution >= 4 is 11.9 Å². The van der Waals surface area contributed by atoms with Crippen LogP contribution in [0.3, 0.4) is 0 Å². The van der Waals surface area contributed by atoms with E-state index in [0.29, 0.717) is 12.8 Å². The standard InChI is InChI=1S/C19H19NO4/c1-20-16(11-14-7-9-15(21)10-8-14)19(23)24-17(18(20)22)12-13-5-3-2-4-6-13/h2-10,16-17,21H,11-12H2,1H3/t16-,17-/m0/s1. The highest BCUT2D eigenvalue weighted by Gasteiger charge is 2.40. The van der Waals surface area contributed by atoms with Crippen LogP contribution in [0.1, 0.15) is 11.1 Å². The van der Waals surface area contributed by atoms with E-state index in [1.54, 1.807) is 31.3 Å². The van der Waals surface area contributed by atoms with Gasteiger partial charge in [0.25, 0.3) is 5.91 Å². The second kappa shape index (κ2) is 6.74. The van der Waals surface area contributed by atoms with Crippen LogP contribution in [0.15, 0.2) is 54.6 Å². The van der Waals surface area contributed by atoms with Crippen LogP contribution in [0.4, 0.5) is 0 Å². The number of hydrogen-bond donors (Lipinski definition) is 1. The molecule has 1 amide bonds. The fourth-order valence-electron chi connectivity index (χ4n) is 2.84. The number of esters is 1. The molecule has 2 aromatic carbocycles. The number of aromatic hydroxyl groups is 1. The molecule has 1 heterocycles. The van der Waals surface area contributed by atoms with Crippen molar-refractivity contribution in [2.24, 2.45) is 0 Å². The van der Waals surface area contributed by atoms with Gasteiger partial charge in [0.2, 0.25) is 0 Å². The topological polar surface area (TPSA) is 66.8 Å². The molecular weight excluding hydrogens is 306 g/mol. The maximum atomic E-state index is 12.5. The quantitative estimate of drug-likeness (QED) is 0.872. The molecule has 2 atom stereocenters. The Hall–Kier alpha value is -2.82. The van der Waals surface area contributed by atoms with Crippen LogP contribution >= 0.6 is 0 Å². The van der Waals surface area contributed by atoms with Crippen LogP contribution in [0, 0.1) is 0 Å². The lowest BCUT2D eigenvalue weighted by molar-refractivity contribution is -0.176. The van der Waals surface area contributed by atoms with Gasteiger partial charge in [0.1, 0.15) is 11.8 Å². The Morgan fingerprint density at radius 1 is 0.958 bits per heavy atom. The van der Waals surface area contributed by atoms with Crippen molar-refractivity contribution in [3.05, 3.63) is 65.7 Å². The average Bonchev–Trinajstić information content (AvgIpc) is 2.59. The normalized spacial score (nSPS) is 20.8. The number of hydrogen-bond acceptors (Lipinski definition) is 4. The molecule has 24 heavy (non-hydrogen) atoms. The third-order valence-electron chi connectivity index (χ3n) is 4.25. The van der Waals surface area contributed by atoms with Gasteiger partial charge in [0, 0.05) is 19.9 Å². The highest BCUT2D eigenvalue weighted by atomic mass is 16.6. The maximum absolute atomic E-state index is 12.5. The Kier molecular flexibility index (Phi) is 4.51. The van der Waals surface area contributed by atoms with E-state index < -0.39 is 18.1 Å². The van der Waals surface area contributed by atoms with Gasteiger partial charge in [-0.3, -0.25) is 4.79 Å². The lowest BCUT2D eigenvalue weighted by atomic mass is 10.0. The summed E-state index contributed by atoms with van der Waals surface area (Å²) >= 11 is 0. The van der Waals surface area contributed by atoms with Crippen molar-refractivity contribution in [3.63, 3.8) is 0 Å². The molecule has 0 aromatic heterocycles. The largest absolute Gasteiger partial charge is 0.508 e. The summed E-state index contributed by atoms with van der Waals surface area (Å²) in [4.78, 5) is 26.4. The SMILES string of the molecule is CN1C(=O)[C@H](Cc2ccccc2)OC(=O)[C@@H]1Cc1ccc(O)cc1. The Labute approximate surface area is 140 Å². The summed E-state index contributed by atoms with van der Waals surface area (Å²) in [6, 6.07) is 15.4. The fourth-order valence-corrected chi connectivity index (χ4v) is 2.84. The molecule has 5 heteroatoms. The van der Waals surface area contributed by atoms with Crippen molar-refractivity contribution in [3.8, 4) is 5.75 Å². The van der Waals surface area contributed by atoms with Crippen LogP contribution in [0.2, 0.25) is 0 Å². The number of nitrogens with zero attached hydrogens (tertiary/aromatic N) is 1. The van der Waals surface area contributed by atoms with Crippen LogP contribution in [0.25, 0.3) is 0 Å². The van der Waals surface area contributed by atoms with Crippen LogP contribution in [0.5, 0.6) is 5.75 Å². The van der Waals surface area contributed by atoms with Crippen molar-refractivity contribution in [2.75, 3.05) is 7.05 Å². The van der Waals surface area contributed by atoms with E-state index in [1.807, 2.05) is 30.3 Å². The first kappa shape index (κ1) is 16.1. The third kappa shape index (κ3) is 3.40. The minimum absolute atomic E-state index is 0.164. The summed E-state index contributed by atoms with van der Waals surface area (Å²) in [6.45, 7) is 0. The zero-order valence-electron chi connectivity index (χ0n) is 13.4. The Balaban J connectivity index is 1.71. The molecule has 0 radical (unpaired) electrons. The van der Waals surface area contributed by atoms with Gasteiger partial charge in [0.15, 0.2) is 6.10 Å². The minimum Gasteiger partial charge on any atom is -0.508 e. The predicted octanol–water partition coefficient (Wildman–Crippen LogP) is 1.93. The molecule has 3 rings (SSSR count). The Morgan fingerprint density at radius 3 is 2.25 bits per heavy atom. The maximum Gasteiger partial charge on any atom is 0.329 e. The molecule has 2 aromatic rings. The number of ether oxygens (including phenoxy) is 1. The van der Waals surface area contributed by atoms with Crippen molar-refractivity contribution < 1.29 is 19.4 Å². The highest BCUT2D eigenvalue weighted by Crippen LogP contribution is 2.21. The second-order valence-electron chi connectivity index (χ2n) is 5.95. The van der Waals surface area contributed by atoms with Crippen molar-refractivity contribution in [2.45, 2.75) is 25.0 Å². The van der Waals surface area contributed by atoms with Gasteiger partial charge in [-0.1, -0.05) is 42.5 Å². The molecular formula is C19H19NO4. The van der Waals surface area contributed by atoms with Gasteiger partial charge in [-0.15, -0.1) is 0 Å². The molecule has 1 saturated heterocycles. The minimum atomic E-state index is -0.777. The van der Waals surface area contributed by atoms with Gasteiger partial charge < -0.3 is 14.7 Å². The number of likely N-dealkylation sites (N-methyl/N-ethyl adjacent to an activating group) is 1. The fraction of sp³-hybridized carbons (Fsp3) is 0.263. The monoisotopic (exact) mass is 325 g/mol. The third-order valence-corrected chi connectivity index (χ3v) is 4.25. The number of cyclic esters (lactones) is 1. The van der Waals surface area contributed by atoms with E-state index in [1.165, 1.54) is 4.90 Å². The van der Waals surface area contributed by atoms with Crippen LogP contribution in [-0.2, 0) is 27.2 Å². The number of rotatable bonds is 4.